The molecule has 0 saturated heterocycles. The zero-order valence-corrected chi connectivity index (χ0v) is 12.2. The quantitative estimate of drug-likeness (QED) is 0.876. The molecule has 0 aliphatic carbocycles. The number of aryl methyl sites for hydroxylation is 1. The van der Waals surface area contributed by atoms with Crippen LogP contribution in [0.25, 0.3) is 0 Å². The van der Waals surface area contributed by atoms with Crippen molar-refractivity contribution in [3.63, 3.8) is 0 Å². The Bertz CT molecular complexity index is 564. The van der Waals surface area contributed by atoms with Crippen LogP contribution < -0.4 is 10.1 Å². The lowest BCUT2D eigenvalue weighted by molar-refractivity contribution is 0.0715. The molecule has 2 rings (SSSR count). The molecule has 1 unspecified atom stereocenters. The maximum Gasteiger partial charge on any atom is 0.119 e. The van der Waals surface area contributed by atoms with E-state index in [2.05, 4.69) is 5.32 Å². The standard InChI is InChI=1S/C17H21NO2/c1-13-11-15(20-3)9-10-16(13)18-12-17(2,19)14-7-5-4-6-8-14/h4-11,18-19H,12H2,1-3H3. The Balaban J connectivity index is 2.08. The van der Waals surface area contributed by atoms with Crippen LogP contribution in [0.5, 0.6) is 5.75 Å². The Hall–Kier alpha value is -2.00. The van der Waals surface area contributed by atoms with E-state index in [1.807, 2.05) is 62.4 Å². The first-order valence-corrected chi connectivity index (χ1v) is 6.69. The van der Waals surface area contributed by atoms with Gasteiger partial charge in [0.1, 0.15) is 11.4 Å². The van der Waals surface area contributed by atoms with E-state index in [4.69, 9.17) is 4.74 Å². The summed E-state index contributed by atoms with van der Waals surface area (Å²) in [6, 6.07) is 15.5. The van der Waals surface area contributed by atoms with E-state index in [1.54, 1.807) is 7.11 Å². The number of rotatable bonds is 5. The Labute approximate surface area is 120 Å². The minimum absolute atomic E-state index is 0.449. The number of anilines is 1. The maximum absolute atomic E-state index is 10.6. The molecule has 3 heteroatoms. The van der Waals surface area contributed by atoms with Gasteiger partial charge >= 0.3 is 0 Å². The summed E-state index contributed by atoms with van der Waals surface area (Å²) in [6.07, 6.45) is 0. The van der Waals surface area contributed by atoms with Crippen LogP contribution in [0.2, 0.25) is 0 Å². The molecule has 0 fully saturated rings. The predicted octanol–water partition coefficient (Wildman–Crippen LogP) is 3.32. The number of ether oxygens (including phenoxy) is 1. The highest BCUT2D eigenvalue weighted by atomic mass is 16.5. The SMILES string of the molecule is COc1ccc(NCC(C)(O)c2ccccc2)c(C)c1. The van der Waals surface area contributed by atoms with Gasteiger partial charge in [-0.2, -0.15) is 0 Å². The first-order valence-electron chi connectivity index (χ1n) is 6.69. The van der Waals surface area contributed by atoms with Crippen LogP contribution in [-0.4, -0.2) is 18.8 Å². The number of nitrogens with one attached hydrogen (secondary N) is 1. The van der Waals surface area contributed by atoms with Crippen molar-refractivity contribution in [2.45, 2.75) is 19.4 Å². The molecule has 1 atom stereocenters. The van der Waals surface area contributed by atoms with Gasteiger partial charge in [-0.15, -0.1) is 0 Å². The number of benzene rings is 2. The van der Waals surface area contributed by atoms with Crippen LogP contribution in [0.3, 0.4) is 0 Å². The van der Waals surface area contributed by atoms with Crippen molar-refractivity contribution < 1.29 is 9.84 Å². The second-order valence-electron chi connectivity index (χ2n) is 5.17. The summed E-state index contributed by atoms with van der Waals surface area (Å²) in [4.78, 5) is 0. The summed E-state index contributed by atoms with van der Waals surface area (Å²) in [6.45, 7) is 4.28. The zero-order valence-electron chi connectivity index (χ0n) is 12.2. The third kappa shape index (κ3) is 3.31. The Morgan fingerprint density at radius 2 is 1.85 bits per heavy atom. The average molecular weight is 271 g/mol. The summed E-state index contributed by atoms with van der Waals surface area (Å²) in [5, 5.41) is 13.8. The van der Waals surface area contributed by atoms with Gasteiger partial charge < -0.3 is 15.2 Å². The number of methoxy groups -OCH3 is 1. The van der Waals surface area contributed by atoms with E-state index in [9.17, 15) is 5.11 Å². The summed E-state index contributed by atoms with van der Waals surface area (Å²) < 4.78 is 5.19. The minimum atomic E-state index is -0.909. The van der Waals surface area contributed by atoms with Crippen LogP contribution >= 0.6 is 0 Å². The van der Waals surface area contributed by atoms with Gasteiger partial charge in [-0.25, -0.2) is 0 Å². The molecule has 0 aromatic heterocycles. The summed E-state index contributed by atoms with van der Waals surface area (Å²) >= 11 is 0. The third-order valence-corrected chi connectivity index (χ3v) is 3.45. The lowest BCUT2D eigenvalue weighted by Gasteiger charge is -2.25. The van der Waals surface area contributed by atoms with Gasteiger partial charge in [0.05, 0.1) is 7.11 Å². The van der Waals surface area contributed by atoms with E-state index < -0.39 is 5.60 Å². The van der Waals surface area contributed by atoms with Crippen molar-refractivity contribution in [2.24, 2.45) is 0 Å². The molecule has 2 aromatic rings. The Kier molecular flexibility index (Phi) is 4.30. The van der Waals surface area contributed by atoms with Gasteiger partial charge in [0, 0.05) is 12.2 Å². The Morgan fingerprint density at radius 3 is 2.45 bits per heavy atom. The minimum Gasteiger partial charge on any atom is -0.497 e. The summed E-state index contributed by atoms with van der Waals surface area (Å²) in [7, 11) is 1.65. The van der Waals surface area contributed by atoms with Crippen molar-refractivity contribution in [1.29, 1.82) is 0 Å². The Morgan fingerprint density at radius 1 is 1.15 bits per heavy atom. The van der Waals surface area contributed by atoms with Crippen LogP contribution in [0, 0.1) is 6.92 Å². The first-order chi connectivity index (χ1) is 9.53. The molecule has 0 radical (unpaired) electrons. The molecule has 0 aliphatic heterocycles. The summed E-state index contributed by atoms with van der Waals surface area (Å²) in [5.74, 6) is 0.836. The van der Waals surface area contributed by atoms with Crippen LogP contribution in [0.4, 0.5) is 5.69 Å². The number of aliphatic hydroxyl groups is 1. The molecule has 0 saturated carbocycles. The van der Waals surface area contributed by atoms with Gasteiger partial charge in [-0.3, -0.25) is 0 Å². The van der Waals surface area contributed by atoms with Crippen LogP contribution in [0.15, 0.2) is 48.5 Å². The molecule has 2 aromatic carbocycles. The molecule has 0 spiro atoms. The smallest absolute Gasteiger partial charge is 0.119 e. The monoisotopic (exact) mass is 271 g/mol. The molecule has 20 heavy (non-hydrogen) atoms. The van der Waals surface area contributed by atoms with E-state index >= 15 is 0 Å². The molecule has 3 nitrogen and oxygen atoms in total. The first kappa shape index (κ1) is 14.4. The fourth-order valence-electron chi connectivity index (χ4n) is 2.13. The van der Waals surface area contributed by atoms with Crippen LogP contribution in [0.1, 0.15) is 18.1 Å². The van der Waals surface area contributed by atoms with Gasteiger partial charge in [-0.1, -0.05) is 30.3 Å². The summed E-state index contributed by atoms with van der Waals surface area (Å²) in [5.41, 5.74) is 2.09. The fourth-order valence-corrected chi connectivity index (χ4v) is 2.13. The molecule has 0 bridgehead atoms. The van der Waals surface area contributed by atoms with E-state index in [-0.39, 0.29) is 0 Å². The predicted molar refractivity (Wildman–Crippen MR) is 82.2 cm³/mol. The van der Waals surface area contributed by atoms with Crippen molar-refractivity contribution in [3.05, 3.63) is 59.7 Å². The highest BCUT2D eigenvalue weighted by molar-refractivity contribution is 5.54. The second-order valence-corrected chi connectivity index (χ2v) is 5.17. The van der Waals surface area contributed by atoms with Gasteiger partial charge in [0.15, 0.2) is 0 Å². The fraction of sp³-hybridized carbons (Fsp3) is 0.294. The van der Waals surface area contributed by atoms with E-state index in [0.29, 0.717) is 6.54 Å². The lowest BCUT2D eigenvalue weighted by Crippen LogP contribution is -2.30. The topological polar surface area (TPSA) is 41.5 Å². The van der Waals surface area contributed by atoms with Crippen LogP contribution in [-0.2, 0) is 5.60 Å². The molecule has 0 heterocycles. The average Bonchev–Trinajstić information content (AvgIpc) is 2.47. The van der Waals surface area contributed by atoms with E-state index in [0.717, 1.165) is 22.6 Å². The molecular formula is C17H21NO2. The molecule has 0 aliphatic rings. The second kappa shape index (κ2) is 5.97. The highest BCUT2D eigenvalue weighted by Gasteiger charge is 2.22. The number of hydrogen-bond acceptors (Lipinski definition) is 3. The van der Waals surface area contributed by atoms with E-state index in [1.165, 1.54) is 0 Å². The molecule has 106 valence electrons. The van der Waals surface area contributed by atoms with Gasteiger partial charge in [0.25, 0.3) is 0 Å². The molecular weight excluding hydrogens is 250 g/mol. The molecule has 0 amide bonds. The van der Waals surface area contributed by atoms with Gasteiger partial charge in [-0.05, 0) is 43.2 Å². The lowest BCUT2D eigenvalue weighted by atomic mass is 9.96. The van der Waals surface area contributed by atoms with Crippen molar-refractivity contribution in [1.82, 2.24) is 0 Å². The van der Waals surface area contributed by atoms with Crippen molar-refractivity contribution in [3.8, 4) is 5.75 Å². The zero-order chi connectivity index (χ0) is 14.6. The third-order valence-electron chi connectivity index (χ3n) is 3.45. The normalized spacial score (nSPS) is 13.6. The molecule has 2 N–H and O–H groups in total. The largest absolute Gasteiger partial charge is 0.497 e. The maximum atomic E-state index is 10.6. The number of hydrogen-bond donors (Lipinski definition) is 2. The van der Waals surface area contributed by atoms with Crippen molar-refractivity contribution in [2.75, 3.05) is 19.0 Å². The highest BCUT2D eigenvalue weighted by Crippen LogP contribution is 2.24. The van der Waals surface area contributed by atoms with Crippen molar-refractivity contribution >= 4 is 5.69 Å². The van der Waals surface area contributed by atoms with Gasteiger partial charge in [0.2, 0.25) is 0 Å².